The van der Waals surface area contributed by atoms with Gasteiger partial charge in [-0.3, -0.25) is 0 Å². The Morgan fingerprint density at radius 3 is 2.35 bits per heavy atom. The Balaban J connectivity index is 2.04. The molecule has 96 valence electrons. The van der Waals surface area contributed by atoms with Crippen LogP contribution in [0.5, 0.6) is 0 Å². The summed E-state index contributed by atoms with van der Waals surface area (Å²) in [5.74, 6) is 0. The van der Waals surface area contributed by atoms with E-state index in [1.165, 1.54) is 16.3 Å². The molecule has 0 aliphatic carbocycles. The first-order chi connectivity index (χ1) is 9.83. The average Bonchev–Trinajstić information content (AvgIpc) is 2.91. The average molecular weight is 258 g/mol. The molecule has 3 aromatic carbocycles. The lowest BCUT2D eigenvalue weighted by Crippen LogP contribution is -1.89. The number of hydrogen-bond donors (Lipinski definition) is 2. The van der Waals surface area contributed by atoms with Crippen molar-refractivity contribution in [2.45, 2.75) is 0 Å². The summed E-state index contributed by atoms with van der Waals surface area (Å²) in [5.41, 5.74) is 10.4. The van der Waals surface area contributed by atoms with Crippen LogP contribution in [0.15, 0.2) is 66.7 Å². The number of nitrogens with two attached hydrogens (primary N) is 1. The van der Waals surface area contributed by atoms with E-state index in [9.17, 15) is 0 Å². The second kappa shape index (κ2) is 4.14. The van der Waals surface area contributed by atoms with Crippen LogP contribution in [-0.2, 0) is 0 Å². The van der Waals surface area contributed by atoms with Crippen molar-refractivity contribution in [2.75, 3.05) is 5.73 Å². The highest BCUT2D eigenvalue weighted by molar-refractivity contribution is 6.03. The first kappa shape index (κ1) is 11.1. The van der Waals surface area contributed by atoms with Gasteiger partial charge in [0.15, 0.2) is 0 Å². The lowest BCUT2D eigenvalue weighted by atomic mass is 10.0. The number of rotatable bonds is 1. The molecular formula is C18H14N2. The molecule has 0 fully saturated rings. The van der Waals surface area contributed by atoms with Crippen LogP contribution in [0, 0.1) is 0 Å². The van der Waals surface area contributed by atoms with Gasteiger partial charge in [-0.1, -0.05) is 48.5 Å². The van der Waals surface area contributed by atoms with Crippen molar-refractivity contribution in [3.05, 3.63) is 66.7 Å². The Bertz CT molecular complexity index is 886. The number of fused-ring (bicyclic) bond motifs is 2. The van der Waals surface area contributed by atoms with Gasteiger partial charge in [0.25, 0.3) is 0 Å². The molecule has 0 radical (unpaired) electrons. The van der Waals surface area contributed by atoms with Gasteiger partial charge in [0, 0.05) is 33.2 Å². The van der Waals surface area contributed by atoms with Crippen molar-refractivity contribution < 1.29 is 0 Å². The Morgan fingerprint density at radius 1 is 0.750 bits per heavy atom. The van der Waals surface area contributed by atoms with Gasteiger partial charge in [-0.25, -0.2) is 0 Å². The number of H-pyrrole nitrogens is 1. The summed E-state index contributed by atoms with van der Waals surface area (Å²) in [6, 6.07) is 22.8. The van der Waals surface area contributed by atoms with Gasteiger partial charge in [-0.15, -0.1) is 0 Å². The Morgan fingerprint density at radius 2 is 1.50 bits per heavy atom. The van der Waals surface area contributed by atoms with Crippen molar-refractivity contribution in [2.24, 2.45) is 0 Å². The maximum absolute atomic E-state index is 6.07. The molecule has 0 saturated heterocycles. The van der Waals surface area contributed by atoms with Gasteiger partial charge in [0.2, 0.25) is 0 Å². The van der Waals surface area contributed by atoms with Crippen LogP contribution >= 0.6 is 0 Å². The van der Waals surface area contributed by atoms with E-state index < -0.39 is 0 Å². The van der Waals surface area contributed by atoms with E-state index >= 15 is 0 Å². The predicted molar refractivity (Wildman–Crippen MR) is 85.7 cm³/mol. The molecule has 0 aliphatic rings. The van der Waals surface area contributed by atoms with E-state index in [-0.39, 0.29) is 0 Å². The Hall–Kier alpha value is -2.74. The van der Waals surface area contributed by atoms with E-state index in [1.54, 1.807) is 0 Å². The highest BCUT2D eigenvalue weighted by atomic mass is 14.7. The molecule has 0 bridgehead atoms. The van der Waals surface area contributed by atoms with E-state index in [1.807, 2.05) is 24.3 Å². The first-order valence-corrected chi connectivity index (χ1v) is 6.68. The molecule has 0 saturated carbocycles. The molecule has 2 heteroatoms. The van der Waals surface area contributed by atoms with Gasteiger partial charge in [-0.2, -0.15) is 0 Å². The van der Waals surface area contributed by atoms with Gasteiger partial charge in [0.1, 0.15) is 0 Å². The normalized spacial score (nSPS) is 11.2. The number of hydrogen-bond acceptors (Lipinski definition) is 1. The second-order valence-electron chi connectivity index (χ2n) is 5.02. The zero-order chi connectivity index (χ0) is 13.5. The maximum atomic E-state index is 6.07. The molecular weight excluding hydrogens is 244 g/mol. The minimum Gasteiger partial charge on any atom is -0.398 e. The zero-order valence-electron chi connectivity index (χ0n) is 10.9. The van der Waals surface area contributed by atoms with Crippen LogP contribution in [-0.4, -0.2) is 4.98 Å². The lowest BCUT2D eigenvalue weighted by molar-refractivity contribution is 1.47. The third kappa shape index (κ3) is 1.58. The Labute approximate surface area is 116 Å². The van der Waals surface area contributed by atoms with E-state index in [0.717, 1.165) is 22.3 Å². The molecule has 0 unspecified atom stereocenters. The van der Waals surface area contributed by atoms with Crippen molar-refractivity contribution in [3.63, 3.8) is 0 Å². The summed E-state index contributed by atoms with van der Waals surface area (Å²) in [5, 5.41) is 3.51. The van der Waals surface area contributed by atoms with Crippen molar-refractivity contribution in [3.8, 4) is 11.3 Å². The third-order valence-corrected chi connectivity index (χ3v) is 3.78. The van der Waals surface area contributed by atoms with Crippen molar-refractivity contribution in [1.29, 1.82) is 0 Å². The van der Waals surface area contributed by atoms with Crippen LogP contribution < -0.4 is 5.73 Å². The fraction of sp³-hybridized carbons (Fsp3) is 0. The van der Waals surface area contributed by atoms with Gasteiger partial charge in [0.05, 0.1) is 0 Å². The fourth-order valence-electron chi connectivity index (χ4n) is 2.78. The van der Waals surface area contributed by atoms with Crippen molar-refractivity contribution >= 4 is 27.4 Å². The summed E-state index contributed by atoms with van der Waals surface area (Å²) in [4.78, 5) is 3.48. The molecule has 3 N–H and O–H groups in total. The SMILES string of the molecule is Nc1ccc(-c2cc3ccccc3[nH]2)c2ccccc12. The van der Waals surface area contributed by atoms with Crippen LogP contribution in [0.3, 0.4) is 0 Å². The van der Waals surface area contributed by atoms with Gasteiger partial charge in [-0.05, 0) is 23.6 Å². The van der Waals surface area contributed by atoms with Gasteiger partial charge >= 0.3 is 0 Å². The summed E-state index contributed by atoms with van der Waals surface area (Å²) in [6.45, 7) is 0. The number of nitrogen functional groups attached to an aromatic ring is 1. The van der Waals surface area contributed by atoms with Crippen LogP contribution in [0.25, 0.3) is 32.9 Å². The number of aromatic amines is 1. The molecule has 1 aromatic heterocycles. The van der Waals surface area contributed by atoms with E-state index in [0.29, 0.717) is 0 Å². The molecule has 4 aromatic rings. The molecule has 0 atom stereocenters. The molecule has 4 rings (SSSR count). The van der Waals surface area contributed by atoms with Crippen LogP contribution in [0.1, 0.15) is 0 Å². The van der Waals surface area contributed by atoms with E-state index in [4.69, 9.17) is 5.73 Å². The molecule has 0 spiro atoms. The third-order valence-electron chi connectivity index (χ3n) is 3.78. The highest BCUT2D eigenvalue weighted by Crippen LogP contribution is 2.33. The number of anilines is 1. The molecule has 2 nitrogen and oxygen atoms in total. The van der Waals surface area contributed by atoms with Gasteiger partial charge < -0.3 is 10.7 Å². The lowest BCUT2D eigenvalue weighted by Gasteiger charge is -2.07. The summed E-state index contributed by atoms with van der Waals surface area (Å²) >= 11 is 0. The topological polar surface area (TPSA) is 41.8 Å². The fourth-order valence-corrected chi connectivity index (χ4v) is 2.78. The Kier molecular flexibility index (Phi) is 2.30. The first-order valence-electron chi connectivity index (χ1n) is 6.68. The quantitative estimate of drug-likeness (QED) is 0.482. The van der Waals surface area contributed by atoms with Crippen LogP contribution in [0.4, 0.5) is 5.69 Å². The number of para-hydroxylation sites is 1. The summed E-state index contributed by atoms with van der Waals surface area (Å²) in [7, 11) is 0. The van der Waals surface area contributed by atoms with E-state index in [2.05, 4.69) is 47.4 Å². The standard InChI is InChI=1S/C18H14N2/c19-16-10-9-15(13-6-2-3-7-14(13)16)18-11-12-5-1-4-8-17(12)20-18/h1-11,20H,19H2. The predicted octanol–water partition coefficient (Wildman–Crippen LogP) is 4.57. The summed E-state index contributed by atoms with van der Waals surface area (Å²) in [6.07, 6.45) is 0. The molecule has 20 heavy (non-hydrogen) atoms. The molecule has 1 heterocycles. The monoisotopic (exact) mass is 258 g/mol. The summed E-state index contributed by atoms with van der Waals surface area (Å²) < 4.78 is 0. The number of aromatic nitrogens is 1. The smallest absolute Gasteiger partial charge is 0.0471 e. The van der Waals surface area contributed by atoms with Crippen molar-refractivity contribution in [1.82, 2.24) is 4.98 Å². The maximum Gasteiger partial charge on any atom is 0.0471 e. The number of benzene rings is 3. The number of nitrogens with one attached hydrogen (secondary N) is 1. The highest BCUT2D eigenvalue weighted by Gasteiger charge is 2.08. The minimum atomic E-state index is 0.820. The minimum absolute atomic E-state index is 0.820. The molecule has 0 amide bonds. The largest absolute Gasteiger partial charge is 0.398 e. The molecule has 0 aliphatic heterocycles. The van der Waals surface area contributed by atoms with Crippen LogP contribution in [0.2, 0.25) is 0 Å². The zero-order valence-corrected chi connectivity index (χ0v) is 10.9. The second-order valence-corrected chi connectivity index (χ2v) is 5.02.